The lowest BCUT2D eigenvalue weighted by atomic mass is 9.87. The van der Waals surface area contributed by atoms with Gasteiger partial charge in [0.1, 0.15) is 0 Å². The topological polar surface area (TPSA) is 33.1 Å². The lowest BCUT2D eigenvalue weighted by Crippen LogP contribution is -2.21. The molecule has 1 atom stereocenters. The minimum atomic E-state index is -0.754. The molecule has 1 heterocycles. The van der Waals surface area contributed by atoms with Gasteiger partial charge in [0, 0.05) is 17.8 Å². The van der Waals surface area contributed by atoms with Crippen molar-refractivity contribution in [2.45, 2.75) is 45.1 Å². The quantitative estimate of drug-likeness (QED) is 0.804. The van der Waals surface area contributed by atoms with E-state index in [-0.39, 0.29) is 0 Å². The van der Waals surface area contributed by atoms with Gasteiger partial charge in [-0.3, -0.25) is 4.98 Å². The first-order chi connectivity index (χ1) is 8.65. The maximum absolute atomic E-state index is 10.7. The van der Waals surface area contributed by atoms with E-state index in [1.165, 1.54) is 12.8 Å². The molecule has 18 heavy (non-hydrogen) atoms. The molecule has 0 radical (unpaired) electrons. The van der Waals surface area contributed by atoms with Crippen LogP contribution in [0.2, 0.25) is 0 Å². The van der Waals surface area contributed by atoms with E-state index in [1.807, 2.05) is 37.4 Å². The summed E-state index contributed by atoms with van der Waals surface area (Å²) in [5.41, 5.74) is 0.259. The van der Waals surface area contributed by atoms with E-state index in [9.17, 15) is 5.11 Å². The van der Waals surface area contributed by atoms with Crippen molar-refractivity contribution >= 4 is 10.8 Å². The third-order valence-corrected chi connectivity index (χ3v) is 3.53. The number of hydrogen-bond donors (Lipinski definition) is 1. The Morgan fingerprint density at radius 2 is 2.06 bits per heavy atom. The number of rotatable bonds is 5. The normalized spacial score (nSPS) is 14.6. The van der Waals surface area contributed by atoms with Crippen molar-refractivity contribution in [3.63, 3.8) is 0 Å². The van der Waals surface area contributed by atoms with Crippen LogP contribution in [0.25, 0.3) is 10.8 Å². The molecule has 2 nitrogen and oxygen atoms in total. The molecule has 0 spiro atoms. The monoisotopic (exact) mass is 243 g/mol. The summed E-state index contributed by atoms with van der Waals surface area (Å²) >= 11 is 0. The minimum absolute atomic E-state index is 0.754. The second kappa shape index (κ2) is 5.49. The van der Waals surface area contributed by atoms with Gasteiger partial charge in [-0.15, -0.1) is 0 Å². The van der Waals surface area contributed by atoms with E-state index in [4.69, 9.17) is 0 Å². The zero-order valence-electron chi connectivity index (χ0n) is 11.2. The maximum atomic E-state index is 10.7. The Balaban J connectivity index is 2.34. The van der Waals surface area contributed by atoms with Gasteiger partial charge in [-0.05, 0) is 30.4 Å². The van der Waals surface area contributed by atoms with Crippen LogP contribution in [0.4, 0.5) is 0 Å². The Bertz CT molecular complexity index is 514. The smallest absolute Gasteiger partial charge is 0.0874 e. The zero-order valence-corrected chi connectivity index (χ0v) is 11.2. The first kappa shape index (κ1) is 13.0. The lowest BCUT2D eigenvalue weighted by Gasteiger charge is -2.25. The SMILES string of the molecule is CCCCCC(C)(O)c1cccc2cnccc12. The Kier molecular flexibility index (Phi) is 3.97. The Labute approximate surface area is 109 Å². The molecule has 2 rings (SSSR count). The first-order valence-corrected chi connectivity index (χ1v) is 6.71. The van der Waals surface area contributed by atoms with Gasteiger partial charge in [0.05, 0.1) is 5.60 Å². The summed E-state index contributed by atoms with van der Waals surface area (Å²) in [5.74, 6) is 0. The third-order valence-electron chi connectivity index (χ3n) is 3.53. The molecule has 1 N–H and O–H groups in total. The largest absolute Gasteiger partial charge is 0.385 e. The van der Waals surface area contributed by atoms with Crippen LogP contribution in [-0.2, 0) is 5.60 Å². The number of unbranched alkanes of at least 4 members (excludes halogenated alkanes) is 2. The Hall–Kier alpha value is -1.41. The van der Waals surface area contributed by atoms with Crippen LogP contribution in [0, 0.1) is 0 Å². The van der Waals surface area contributed by atoms with Crippen molar-refractivity contribution in [2.24, 2.45) is 0 Å². The number of pyridine rings is 1. The van der Waals surface area contributed by atoms with E-state index < -0.39 is 5.60 Å². The van der Waals surface area contributed by atoms with E-state index >= 15 is 0 Å². The molecule has 1 unspecified atom stereocenters. The van der Waals surface area contributed by atoms with E-state index in [2.05, 4.69) is 11.9 Å². The highest BCUT2D eigenvalue weighted by atomic mass is 16.3. The van der Waals surface area contributed by atoms with Crippen LogP contribution in [0.1, 0.15) is 45.1 Å². The van der Waals surface area contributed by atoms with Gasteiger partial charge in [0.25, 0.3) is 0 Å². The number of benzene rings is 1. The summed E-state index contributed by atoms with van der Waals surface area (Å²) in [6.07, 6.45) is 7.85. The number of aromatic nitrogens is 1. The van der Waals surface area contributed by atoms with Crippen molar-refractivity contribution in [1.82, 2.24) is 4.98 Å². The molecule has 0 aliphatic heterocycles. The molecule has 0 fully saturated rings. The molecule has 0 saturated carbocycles. The number of nitrogens with zero attached hydrogens (tertiary/aromatic N) is 1. The highest BCUT2D eigenvalue weighted by Gasteiger charge is 2.24. The number of fused-ring (bicyclic) bond motifs is 1. The van der Waals surface area contributed by atoms with Crippen molar-refractivity contribution in [1.29, 1.82) is 0 Å². The molecule has 2 heteroatoms. The van der Waals surface area contributed by atoms with Crippen LogP contribution in [0.3, 0.4) is 0 Å². The predicted molar refractivity (Wildman–Crippen MR) is 75.5 cm³/mol. The minimum Gasteiger partial charge on any atom is -0.385 e. The summed E-state index contributed by atoms with van der Waals surface area (Å²) in [5, 5.41) is 12.9. The van der Waals surface area contributed by atoms with Gasteiger partial charge in [-0.2, -0.15) is 0 Å². The van der Waals surface area contributed by atoms with E-state index in [0.717, 1.165) is 29.2 Å². The van der Waals surface area contributed by atoms with Crippen molar-refractivity contribution in [3.05, 3.63) is 42.2 Å². The third kappa shape index (κ3) is 2.70. The van der Waals surface area contributed by atoms with Crippen LogP contribution >= 0.6 is 0 Å². The van der Waals surface area contributed by atoms with E-state index in [1.54, 1.807) is 6.20 Å². The van der Waals surface area contributed by atoms with Crippen molar-refractivity contribution in [2.75, 3.05) is 0 Å². The van der Waals surface area contributed by atoms with Crippen molar-refractivity contribution < 1.29 is 5.11 Å². The molecule has 1 aromatic heterocycles. The van der Waals surface area contributed by atoms with Crippen LogP contribution < -0.4 is 0 Å². The molecule has 96 valence electrons. The van der Waals surface area contributed by atoms with Crippen LogP contribution in [-0.4, -0.2) is 10.1 Å². The summed E-state index contributed by atoms with van der Waals surface area (Å²) in [6.45, 7) is 4.09. The summed E-state index contributed by atoms with van der Waals surface area (Å²) < 4.78 is 0. The molecule has 0 aliphatic rings. The highest BCUT2D eigenvalue weighted by molar-refractivity contribution is 5.85. The molecular weight excluding hydrogens is 222 g/mol. The standard InChI is InChI=1S/C16H21NO/c1-3-4-5-10-16(2,18)15-8-6-7-13-12-17-11-9-14(13)15/h6-9,11-12,18H,3-5,10H2,1-2H3. The number of aliphatic hydroxyl groups is 1. The average Bonchev–Trinajstić information content (AvgIpc) is 2.38. The fraction of sp³-hybridized carbons (Fsp3) is 0.438. The van der Waals surface area contributed by atoms with Gasteiger partial charge in [0.2, 0.25) is 0 Å². The summed E-state index contributed by atoms with van der Waals surface area (Å²) in [6, 6.07) is 8.04. The van der Waals surface area contributed by atoms with Gasteiger partial charge in [-0.1, -0.05) is 44.4 Å². The lowest BCUT2D eigenvalue weighted by molar-refractivity contribution is 0.0465. The molecule has 0 aliphatic carbocycles. The van der Waals surface area contributed by atoms with Gasteiger partial charge < -0.3 is 5.11 Å². The fourth-order valence-corrected chi connectivity index (χ4v) is 2.45. The Morgan fingerprint density at radius 3 is 2.83 bits per heavy atom. The maximum Gasteiger partial charge on any atom is 0.0874 e. The fourth-order valence-electron chi connectivity index (χ4n) is 2.45. The second-order valence-corrected chi connectivity index (χ2v) is 5.13. The zero-order chi connectivity index (χ0) is 13.0. The molecular formula is C16H21NO. The summed E-state index contributed by atoms with van der Waals surface area (Å²) in [7, 11) is 0. The molecule has 0 saturated heterocycles. The summed E-state index contributed by atoms with van der Waals surface area (Å²) in [4.78, 5) is 4.13. The van der Waals surface area contributed by atoms with Crippen molar-refractivity contribution in [3.8, 4) is 0 Å². The Morgan fingerprint density at radius 1 is 1.22 bits per heavy atom. The van der Waals surface area contributed by atoms with Gasteiger partial charge >= 0.3 is 0 Å². The highest BCUT2D eigenvalue weighted by Crippen LogP contribution is 2.32. The first-order valence-electron chi connectivity index (χ1n) is 6.71. The van der Waals surface area contributed by atoms with E-state index in [0.29, 0.717) is 0 Å². The predicted octanol–water partition coefficient (Wildman–Crippen LogP) is 4.02. The van der Waals surface area contributed by atoms with Crippen LogP contribution in [0.15, 0.2) is 36.7 Å². The molecule has 2 aromatic rings. The average molecular weight is 243 g/mol. The molecule has 0 bridgehead atoms. The van der Waals surface area contributed by atoms with Gasteiger partial charge in [-0.25, -0.2) is 0 Å². The molecule has 0 amide bonds. The number of hydrogen-bond acceptors (Lipinski definition) is 2. The van der Waals surface area contributed by atoms with Crippen LogP contribution in [0.5, 0.6) is 0 Å². The second-order valence-electron chi connectivity index (χ2n) is 5.13. The van der Waals surface area contributed by atoms with Gasteiger partial charge in [0.15, 0.2) is 0 Å². The molecule has 1 aromatic carbocycles.